The first-order valence-electron chi connectivity index (χ1n) is 35.0. The number of aromatic nitrogens is 5. The minimum absolute atomic E-state index is 0.0181. The number of hydrogen-bond donors (Lipinski definition) is 9. The molecule has 3 amide bonds. The van der Waals surface area contributed by atoms with Gasteiger partial charge in [0.15, 0.2) is 5.65 Å². The predicted octanol–water partition coefficient (Wildman–Crippen LogP) is 15.4. The number of nitrogen functional groups attached to an aromatic ring is 5. The summed E-state index contributed by atoms with van der Waals surface area (Å²) in [4.78, 5) is 97.8. The van der Waals surface area contributed by atoms with Gasteiger partial charge in [-0.3, -0.25) is 19.4 Å². The molecule has 0 aliphatic carbocycles. The topological polar surface area (TPSA) is 428 Å². The largest absolute Gasteiger partial charge is 0.496 e. The van der Waals surface area contributed by atoms with Crippen LogP contribution in [0, 0.1) is 52.5 Å². The Morgan fingerprint density at radius 2 is 0.901 bits per heavy atom. The Hall–Kier alpha value is -13.0. The van der Waals surface area contributed by atoms with Crippen LogP contribution in [0.4, 0.5) is 54.8 Å². The fourth-order valence-electron chi connectivity index (χ4n) is 11.6. The van der Waals surface area contributed by atoms with Crippen molar-refractivity contribution in [3.63, 3.8) is 0 Å². The predicted molar refractivity (Wildman–Crippen MR) is 475 cm³/mol. The molecule has 27 nitrogen and oxygen atoms in total. The second kappa shape index (κ2) is 39.2. The van der Waals surface area contributed by atoms with E-state index in [9.17, 15) is 68.3 Å². The number of amides is 3. The lowest BCUT2D eigenvalue weighted by Crippen LogP contribution is -2.23. The number of ether oxygens (including phenoxy) is 2. The number of hydrogen-bond acceptors (Lipinski definition) is 19. The third kappa shape index (κ3) is 21.2. The fraction of sp³-hybridized carbons (Fsp3) is 0.107. The number of carbonyl (C=O) groups excluding carboxylic acids is 3. The number of aryl methyl sites for hydroxylation is 1. The van der Waals surface area contributed by atoms with Crippen LogP contribution in [0.25, 0.3) is 77.5 Å². The number of aromatic amines is 2. The minimum Gasteiger partial charge on any atom is -0.496 e. The second-order valence-electron chi connectivity index (χ2n) is 26.5. The molecule has 0 unspecified atom stereocenters. The smallest absolute Gasteiger partial charge is 0.419 e. The maximum absolute atomic E-state index is 14.9. The van der Waals surface area contributed by atoms with Crippen molar-refractivity contribution in [2.75, 3.05) is 85.2 Å². The molecule has 0 saturated heterocycles. The van der Waals surface area contributed by atoms with Crippen molar-refractivity contribution in [2.24, 2.45) is 0 Å². The average molecular weight is 2010 g/mol. The summed E-state index contributed by atoms with van der Waals surface area (Å²) in [6, 6.07) is 42.5. The lowest BCUT2D eigenvalue weighted by atomic mass is 9.99. The number of para-hydroxylation sites is 3. The lowest BCUT2D eigenvalue weighted by Gasteiger charge is -2.14. The van der Waals surface area contributed by atoms with Gasteiger partial charge in [0, 0.05) is 122 Å². The van der Waals surface area contributed by atoms with Crippen molar-refractivity contribution < 1.29 is 82.8 Å². The summed E-state index contributed by atoms with van der Waals surface area (Å²) in [5.41, 5.74) is 32.2. The Morgan fingerprint density at radius 3 is 1.39 bits per heavy atom. The van der Waals surface area contributed by atoms with E-state index in [-0.39, 0.29) is 89.5 Å². The number of aromatic carboxylic acids is 2. The van der Waals surface area contributed by atoms with Crippen LogP contribution in [-0.2, 0) is 10.0 Å². The van der Waals surface area contributed by atoms with Crippen LogP contribution in [-0.4, -0.2) is 143 Å². The van der Waals surface area contributed by atoms with Gasteiger partial charge in [0.1, 0.15) is 52.0 Å². The number of rotatable bonds is 13. The third-order valence-electron chi connectivity index (χ3n) is 17.7. The van der Waals surface area contributed by atoms with Gasteiger partial charge in [-0.25, -0.2) is 67.9 Å². The number of H-pyrrole nitrogens is 2. The van der Waals surface area contributed by atoms with Crippen LogP contribution in [0.2, 0.25) is 0 Å². The van der Waals surface area contributed by atoms with E-state index in [1.165, 1.54) is 94.9 Å². The van der Waals surface area contributed by atoms with Gasteiger partial charge >= 0.3 is 23.3 Å². The summed E-state index contributed by atoms with van der Waals surface area (Å²) in [5.74, 6) is -7.20. The lowest BCUT2D eigenvalue weighted by molar-refractivity contribution is 0.0686. The zero-order valence-electron chi connectivity index (χ0n) is 65.1. The second-order valence-corrected chi connectivity index (χ2v) is 32.1. The maximum Gasteiger partial charge on any atom is 0.419 e. The van der Waals surface area contributed by atoms with Crippen molar-refractivity contribution in [2.45, 2.75) is 11.8 Å². The van der Waals surface area contributed by atoms with Crippen LogP contribution >= 0.6 is 67.8 Å². The molecule has 9 aromatic carbocycles. The molecule has 0 aliphatic rings. The summed E-state index contributed by atoms with van der Waals surface area (Å²) in [7, 11) is 8.63. The summed E-state index contributed by atoms with van der Waals surface area (Å²) < 4.78 is 127. The average Bonchev–Trinajstić information content (AvgIpc) is 1.59. The van der Waals surface area contributed by atoms with E-state index in [4.69, 9.17) is 48.4 Å². The Balaban J connectivity index is 0.000000179. The highest BCUT2D eigenvalue weighted by Gasteiger charge is 2.27. The summed E-state index contributed by atoms with van der Waals surface area (Å²) in [6.07, 6.45) is 6.47. The van der Waals surface area contributed by atoms with E-state index >= 15 is 0 Å². The minimum atomic E-state index is -4.02. The van der Waals surface area contributed by atoms with E-state index in [1.54, 1.807) is 104 Å². The van der Waals surface area contributed by atoms with Gasteiger partial charge in [0.2, 0.25) is 0 Å². The highest BCUT2D eigenvalue weighted by molar-refractivity contribution is 14.1. The molecule has 0 fully saturated rings. The number of nitrogens with one attached hydrogen (secondary N) is 2. The highest BCUT2D eigenvalue weighted by atomic mass is 127. The van der Waals surface area contributed by atoms with Gasteiger partial charge in [-0.2, -0.15) is 0 Å². The zero-order valence-corrected chi connectivity index (χ0v) is 72.4. The van der Waals surface area contributed by atoms with Crippen molar-refractivity contribution in [3.8, 4) is 56.0 Å². The van der Waals surface area contributed by atoms with Gasteiger partial charge in [-0.1, -0.05) is 60.2 Å². The van der Waals surface area contributed by atoms with Crippen molar-refractivity contribution >= 4 is 169 Å². The highest BCUT2D eigenvalue weighted by Crippen LogP contribution is 2.41. The number of nitrogens with zero attached hydrogens (tertiary/aromatic N) is 6. The van der Waals surface area contributed by atoms with Crippen molar-refractivity contribution in [3.05, 3.63) is 289 Å². The molecular weight excluding hydrogens is 1940 g/mol. The van der Waals surface area contributed by atoms with Gasteiger partial charge in [0.25, 0.3) is 27.7 Å². The molecule has 121 heavy (non-hydrogen) atoms. The Labute approximate surface area is 726 Å². The molecule has 0 saturated carbocycles. The van der Waals surface area contributed by atoms with E-state index < -0.39 is 74.2 Å². The van der Waals surface area contributed by atoms with Crippen LogP contribution in [0.5, 0.6) is 11.5 Å². The molecule has 0 aliphatic heterocycles. The molecule has 5 heterocycles. The molecule has 37 heteroatoms. The van der Waals surface area contributed by atoms with E-state index in [1.807, 2.05) is 129 Å². The number of anilines is 5. The number of carboxylic acid groups (broad SMARTS) is 2. The third-order valence-corrected chi connectivity index (χ3v) is 21.3. The monoisotopic (exact) mass is 2010 g/mol. The number of nitrogens with two attached hydrogens (primary N) is 5. The Bertz CT molecular complexity index is 6630. The van der Waals surface area contributed by atoms with Crippen LogP contribution < -0.4 is 49.5 Å². The number of methoxy groups -OCH3 is 2. The molecule has 0 spiro atoms. The maximum atomic E-state index is 14.9. The first-order valence-corrected chi connectivity index (χ1v) is 39.7. The molecule has 14 rings (SSSR count). The van der Waals surface area contributed by atoms with Crippen LogP contribution in [0.3, 0.4) is 0 Å². The first-order chi connectivity index (χ1) is 57.1. The van der Waals surface area contributed by atoms with Crippen molar-refractivity contribution in [1.82, 2.24) is 38.6 Å². The molecule has 626 valence electrons. The zero-order chi connectivity index (χ0) is 89.1. The van der Waals surface area contributed by atoms with E-state index in [0.29, 0.717) is 60.9 Å². The summed E-state index contributed by atoms with van der Waals surface area (Å²) in [6.45, 7) is 1.88. The molecule has 0 atom stereocenters. The summed E-state index contributed by atoms with van der Waals surface area (Å²) >= 11 is 5.63. The van der Waals surface area contributed by atoms with E-state index in [2.05, 4.69) is 24.4 Å². The molecule has 14 aromatic rings. The molecule has 0 radical (unpaired) electrons. The standard InChI is InChI=1S/C30H27FN4O4S.C23H21FN4O2.C9H10FIN2O.C8H3FINO3.C7H5FINO2.C7H6FNO2/c1-18-9-11-21(12-10-18)40(37,38)35-17-25(22-7-5-6-8-27(22)39-4)23-14-20(16-33-29(23)35)19-13-24(30(36)34(2)3)28(32)26(31)15-19;1-28(2)23(29)17-8-13(10-19(24)21(17)25)14-9-16-18(12-27-22(16)26-11-14)15-6-4-5-7-20(15)30-3;1-13(2)9(14)6-3-5(11)4-7(10)8(6)12;9-5-2-3(10)1-4-6(5)11-8(13)14-7(4)12;8-5-2-3(9)1-4(6(5)10)7(11)12;8-5-3-1-2-4(6(5)9)7(10)11/h5-17H,32H2,1-4H3;4-12H,25H2,1-3H3,(H,26,27);3-4H,12H2,1-2H3;1-2H,(H,11,13);1-2H,10H2,(H,11,12);1-3H,9H2,(H,10,11). The van der Waals surface area contributed by atoms with Crippen molar-refractivity contribution in [1.29, 1.82) is 0 Å². The van der Waals surface area contributed by atoms with Gasteiger partial charge < -0.3 is 72.5 Å². The van der Waals surface area contributed by atoms with Gasteiger partial charge in [0.05, 0.1) is 86.3 Å². The fourth-order valence-corrected chi connectivity index (χ4v) is 14.7. The number of fused-ring (bicyclic) bond motifs is 3. The van der Waals surface area contributed by atoms with Crippen LogP contribution in [0.15, 0.2) is 207 Å². The Morgan fingerprint density at radius 1 is 0.471 bits per heavy atom. The number of carbonyl (C=O) groups is 5. The molecular formula is C84H72F6I3N13O14S. The normalized spacial score (nSPS) is 10.8. The number of carboxylic acids is 2. The quantitative estimate of drug-likeness (QED) is 0.0294. The van der Waals surface area contributed by atoms with Gasteiger partial charge in [-0.05, 0) is 195 Å². The Kier molecular flexibility index (Phi) is 29.8. The van der Waals surface area contributed by atoms with E-state index in [0.717, 1.165) is 37.9 Å². The summed E-state index contributed by atoms with van der Waals surface area (Å²) in [5, 5.41) is 18.4. The van der Waals surface area contributed by atoms with Crippen LogP contribution in [0.1, 0.15) is 57.4 Å². The SMILES string of the molecule is CN(C)C(=O)c1cc(I)cc(F)c1N.COc1ccccc1-c1c[nH]c2ncc(-c3cc(F)c(N)c(C(=O)N(C)C)c3)cc12.COc1ccccc1-c1cn(S(=O)(=O)c2ccc(C)cc2)c2ncc(-c3cc(F)c(N)c(C(=O)N(C)C)c3)cc12.Nc1c(F)cc(I)cc1C(=O)O.Nc1c(F)cccc1C(=O)O.O=c1[nH]c2c(F)cc(I)cc2c(=O)o1. The number of benzene rings is 9. The number of pyridine rings is 2. The number of halogens is 9. The first kappa shape index (κ1) is 91.9. The molecule has 0 bridgehead atoms. The molecule has 14 N–H and O–H groups in total. The van der Waals surface area contributed by atoms with Gasteiger partial charge in [-0.15, -0.1) is 0 Å². The molecule has 5 aromatic heterocycles.